The van der Waals surface area contributed by atoms with Gasteiger partial charge in [-0.05, 0) is 24.6 Å². The lowest BCUT2D eigenvalue weighted by atomic mass is 10.1. The van der Waals surface area contributed by atoms with Crippen molar-refractivity contribution < 1.29 is 4.74 Å². The number of nitrogens with two attached hydrogens (primary N) is 1. The average molecular weight is 240 g/mol. The van der Waals surface area contributed by atoms with Crippen molar-refractivity contribution in [2.75, 3.05) is 0 Å². The van der Waals surface area contributed by atoms with Crippen LogP contribution in [0.4, 0.5) is 0 Å². The fourth-order valence-electron chi connectivity index (χ4n) is 1.72. The zero-order valence-corrected chi connectivity index (χ0v) is 10.3. The Morgan fingerprint density at radius 2 is 1.94 bits per heavy atom. The molecular weight excluding hydrogens is 224 g/mol. The van der Waals surface area contributed by atoms with Gasteiger partial charge in [0, 0.05) is 5.56 Å². The molecular formula is C15H16N2O. The van der Waals surface area contributed by atoms with Crippen LogP contribution in [0.1, 0.15) is 16.7 Å². The van der Waals surface area contributed by atoms with E-state index in [9.17, 15) is 0 Å². The van der Waals surface area contributed by atoms with Crippen LogP contribution >= 0.6 is 0 Å². The normalized spacial score (nSPS) is 10.1. The summed E-state index contributed by atoms with van der Waals surface area (Å²) in [6.45, 7) is 2.57. The second-order valence-corrected chi connectivity index (χ2v) is 4.22. The number of benzene rings is 2. The number of hydrogen-bond acceptors (Lipinski definition) is 2. The summed E-state index contributed by atoms with van der Waals surface area (Å²) in [5.74, 6) is 0.778. The summed E-state index contributed by atoms with van der Waals surface area (Å²) in [7, 11) is 0. The van der Waals surface area contributed by atoms with Crippen LogP contribution in [0, 0.1) is 12.3 Å². The molecule has 0 heterocycles. The van der Waals surface area contributed by atoms with Crippen LogP contribution in [-0.4, -0.2) is 5.84 Å². The molecule has 0 aromatic heterocycles. The van der Waals surface area contributed by atoms with Crippen molar-refractivity contribution in [1.29, 1.82) is 5.41 Å². The van der Waals surface area contributed by atoms with Gasteiger partial charge in [-0.3, -0.25) is 5.41 Å². The van der Waals surface area contributed by atoms with Crippen LogP contribution in [-0.2, 0) is 6.61 Å². The van der Waals surface area contributed by atoms with Crippen molar-refractivity contribution in [1.82, 2.24) is 0 Å². The molecule has 0 aliphatic rings. The van der Waals surface area contributed by atoms with Gasteiger partial charge in [0.05, 0.1) is 0 Å². The van der Waals surface area contributed by atoms with Crippen LogP contribution < -0.4 is 10.5 Å². The molecule has 0 aliphatic heterocycles. The van der Waals surface area contributed by atoms with E-state index in [0.29, 0.717) is 12.2 Å². The third-order valence-corrected chi connectivity index (χ3v) is 2.63. The predicted octanol–water partition coefficient (Wildman–Crippen LogP) is 2.86. The van der Waals surface area contributed by atoms with Crippen LogP contribution in [0.5, 0.6) is 5.75 Å². The van der Waals surface area contributed by atoms with E-state index >= 15 is 0 Å². The van der Waals surface area contributed by atoms with Crippen molar-refractivity contribution in [3.8, 4) is 5.75 Å². The molecule has 2 rings (SSSR count). The van der Waals surface area contributed by atoms with Gasteiger partial charge >= 0.3 is 0 Å². The molecule has 3 N–H and O–H groups in total. The smallest absolute Gasteiger partial charge is 0.122 e. The first-order chi connectivity index (χ1) is 8.65. The van der Waals surface area contributed by atoms with E-state index in [1.807, 2.05) is 24.3 Å². The lowest BCUT2D eigenvalue weighted by Crippen LogP contribution is -2.10. The number of hydrogen-bond donors (Lipinski definition) is 2. The molecule has 18 heavy (non-hydrogen) atoms. The predicted molar refractivity (Wildman–Crippen MR) is 73.0 cm³/mol. The van der Waals surface area contributed by atoms with Gasteiger partial charge in [0.2, 0.25) is 0 Å². The molecule has 2 aromatic carbocycles. The number of aryl methyl sites for hydroxylation is 1. The molecule has 0 saturated heterocycles. The van der Waals surface area contributed by atoms with Gasteiger partial charge < -0.3 is 10.5 Å². The van der Waals surface area contributed by atoms with Crippen molar-refractivity contribution in [2.45, 2.75) is 13.5 Å². The Labute approximate surface area is 107 Å². The minimum atomic E-state index is 0.0519. The van der Waals surface area contributed by atoms with Crippen LogP contribution in [0.3, 0.4) is 0 Å². The first kappa shape index (κ1) is 12.2. The van der Waals surface area contributed by atoms with E-state index in [4.69, 9.17) is 15.9 Å². The van der Waals surface area contributed by atoms with Crippen molar-refractivity contribution in [2.24, 2.45) is 5.73 Å². The maximum atomic E-state index is 7.38. The van der Waals surface area contributed by atoms with Crippen LogP contribution in [0.2, 0.25) is 0 Å². The Morgan fingerprint density at radius 1 is 1.17 bits per heavy atom. The summed E-state index contributed by atoms with van der Waals surface area (Å²) in [4.78, 5) is 0. The van der Waals surface area contributed by atoms with Crippen molar-refractivity contribution in [3.63, 3.8) is 0 Å². The lowest BCUT2D eigenvalue weighted by molar-refractivity contribution is 0.306. The van der Waals surface area contributed by atoms with E-state index in [-0.39, 0.29) is 5.84 Å². The van der Waals surface area contributed by atoms with Crippen LogP contribution in [0.15, 0.2) is 48.5 Å². The first-order valence-corrected chi connectivity index (χ1v) is 5.78. The fourth-order valence-corrected chi connectivity index (χ4v) is 1.72. The number of rotatable bonds is 4. The Kier molecular flexibility index (Phi) is 3.63. The van der Waals surface area contributed by atoms with E-state index in [2.05, 4.69) is 19.1 Å². The van der Waals surface area contributed by atoms with Gasteiger partial charge in [0.15, 0.2) is 0 Å². The van der Waals surface area contributed by atoms with E-state index in [1.54, 1.807) is 12.1 Å². The Hall–Kier alpha value is -2.29. The highest BCUT2D eigenvalue weighted by atomic mass is 16.5. The minimum Gasteiger partial charge on any atom is -0.489 e. The summed E-state index contributed by atoms with van der Waals surface area (Å²) >= 11 is 0. The second-order valence-electron chi connectivity index (χ2n) is 4.22. The minimum absolute atomic E-state index is 0.0519. The molecule has 0 amide bonds. The SMILES string of the molecule is Cc1cccc(COc2cccc(C(=N)N)c2)c1. The molecule has 92 valence electrons. The first-order valence-electron chi connectivity index (χ1n) is 5.78. The zero-order valence-electron chi connectivity index (χ0n) is 10.3. The summed E-state index contributed by atoms with van der Waals surface area (Å²) < 4.78 is 5.69. The zero-order chi connectivity index (χ0) is 13.0. The topological polar surface area (TPSA) is 59.1 Å². The Morgan fingerprint density at radius 3 is 2.67 bits per heavy atom. The summed E-state index contributed by atoms with van der Waals surface area (Å²) in [6, 6.07) is 15.5. The molecule has 3 nitrogen and oxygen atoms in total. The van der Waals surface area contributed by atoms with Gasteiger partial charge in [-0.15, -0.1) is 0 Å². The van der Waals surface area contributed by atoms with Gasteiger partial charge in [0.25, 0.3) is 0 Å². The highest BCUT2D eigenvalue weighted by Crippen LogP contribution is 2.15. The number of nitrogen functional groups attached to an aromatic ring is 1. The number of ether oxygens (including phenoxy) is 1. The summed E-state index contributed by atoms with van der Waals surface area (Å²) in [5, 5.41) is 7.38. The quantitative estimate of drug-likeness (QED) is 0.637. The van der Waals surface area contributed by atoms with Crippen LogP contribution in [0.25, 0.3) is 0 Å². The highest BCUT2D eigenvalue weighted by molar-refractivity contribution is 5.95. The summed E-state index contributed by atoms with van der Waals surface area (Å²) in [5.41, 5.74) is 8.46. The molecule has 2 aromatic rings. The molecule has 0 fully saturated rings. The van der Waals surface area contributed by atoms with Gasteiger partial charge in [-0.2, -0.15) is 0 Å². The van der Waals surface area contributed by atoms with Crippen molar-refractivity contribution in [3.05, 3.63) is 65.2 Å². The second kappa shape index (κ2) is 5.36. The molecule has 0 atom stereocenters. The van der Waals surface area contributed by atoms with Gasteiger partial charge in [-0.25, -0.2) is 0 Å². The van der Waals surface area contributed by atoms with Gasteiger partial charge in [0.1, 0.15) is 18.2 Å². The molecule has 0 spiro atoms. The Bertz CT molecular complexity index is 564. The third kappa shape index (κ3) is 3.10. The number of amidine groups is 1. The van der Waals surface area contributed by atoms with E-state index < -0.39 is 0 Å². The summed E-state index contributed by atoms with van der Waals surface area (Å²) in [6.07, 6.45) is 0. The monoisotopic (exact) mass is 240 g/mol. The van der Waals surface area contributed by atoms with E-state index in [1.165, 1.54) is 5.56 Å². The molecule has 0 bridgehead atoms. The third-order valence-electron chi connectivity index (χ3n) is 2.63. The molecule has 0 radical (unpaired) electrons. The lowest BCUT2D eigenvalue weighted by Gasteiger charge is -2.08. The maximum Gasteiger partial charge on any atom is 0.122 e. The molecule has 0 saturated carbocycles. The Balaban J connectivity index is 2.06. The standard InChI is InChI=1S/C15H16N2O/c1-11-4-2-5-12(8-11)10-18-14-7-3-6-13(9-14)15(16)17/h2-9H,10H2,1H3,(H3,16,17). The van der Waals surface area contributed by atoms with Gasteiger partial charge in [-0.1, -0.05) is 42.0 Å². The largest absolute Gasteiger partial charge is 0.489 e. The fraction of sp³-hybridized carbons (Fsp3) is 0.133. The van der Waals surface area contributed by atoms with E-state index in [0.717, 1.165) is 11.3 Å². The molecule has 3 heteroatoms. The highest BCUT2D eigenvalue weighted by Gasteiger charge is 2.00. The maximum absolute atomic E-state index is 7.38. The van der Waals surface area contributed by atoms with Crippen molar-refractivity contribution >= 4 is 5.84 Å². The molecule has 0 unspecified atom stereocenters. The molecule has 0 aliphatic carbocycles. The average Bonchev–Trinajstić information content (AvgIpc) is 2.37. The number of nitrogens with one attached hydrogen (secondary N) is 1.